The van der Waals surface area contributed by atoms with E-state index in [1.54, 1.807) is 11.3 Å². The summed E-state index contributed by atoms with van der Waals surface area (Å²) in [6.45, 7) is 6.36. The zero-order chi connectivity index (χ0) is 6.15. The fourth-order valence-electron chi connectivity index (χ4n) is 0.570. The van der Waals surface area contributed by atoms with Crippen LogP contribution in [0.3, 0.4) is 0 Å². The third-order valence-electron chi connectivity index (χ3n) is 1.45. The van der Waals surface area contributed by atoms with E-state index in [1.807, 2.05) is 0 Å². The Hall–Kier alpha value is 0.297. The Balaban J connectivity index is 0.000000640. The van der Waals surface area contributed by atoms with Crippen molar-refractivity contribution in [2.24, 2.45) is 0 Å². The van der Waals surface area contributed by atoms with E-state index in [2.05, 4.69) is 26.2 Å². The van der Waals surface area contributed by atoms with Gasteiger partial charge in [-0.15, -0.1) is 10.3 Å². The van der Waals surface area contributed by atoms with Crippen LogP contribution in [0.2, 0.25) is 0 Å². The number of hydrogen-bond acceptors (Lipinski definition) is 1. The predicted octanol–water partition coefficient (Wildman–Crippen LogP) is -0.522. The van der Waals surface area contributed by atoms with Crippen LogP contribution < -0.4 is 18.9 Å². The van der Waals surface area contributed by atoms with Crippen LogP contribution in [0.25, 0.3) is 0 Å². The molecule has 1 rings (SSSR count). The Labute approximate surface area is 72.5 Å². The average Bonchev–Trinajstić information content (AvgIpc) is 1.98. The van der Waals surface area contributed by atoms with Crippen LogP contribution in [0.4, 0.5) is 0 Å². The van der Waals surface area contributed by atoms with E-state index in [1.165, 1.54) is 16.0 Å². The van der Waals surface area contributed by atoms with Crippen LogP contribution in [0, 0.1) is 26.2 Å². The summed E-state index contributed by atoms with van der Waals surface area (Å²) in [6, 6.07) is 0. The summed E-state index contributed by atoms with van der Waals surface area (Å²) in [5.74, 6) is 0. The Morgan fingerprint density at radius 3 is 1.89 bits per heavy atom. The van der Waals surface area contributed by atoms with Crippen LogP contribution in [0.5, 0.6) is 0 Å². The van der Waals surface area contributed by atoms with Crippen LogP contribution in [-0.2, 0) is 0 Å². The Morgan fingerprint density at radius 1 is 1.22 bits per heavy atom. The molecular weight excluding hydrogens is 123 g/mol. The molecule has 0 amide bonds. The minimum Gasteiger partial charge on any atom is -0.300 e. The van der Waals surface area contributed by atoms with Gasteiger partial charge in [-0.05, 0) is 0 Å². The molecule has 0 unspecified atom stereocenters. The molecule has 0 aliphatic carbocycles. The second kappa shape index (κ2) is 3.46. The van der Waals surface area contributed by atoms with Crippen molar-refractivity contribution in [1.29, 1.82) is 0 Å². The topological polar surface area (TPSA) is 0 Å². The van der Waals surface area contributed by atoms with E-state index in [0.29, 0.717) is 0 Å². The molecule has 0 saturated heterocycles. The number of thiophene rings is 1. The molecule has 0 nitrogen and oxygen atoms in total. The first-order valence-corrected chi connectivity index (χ1v) is 3.47. The van der Waals surface area contributed by atoms with Gasteiger partial charge < -0.3 is 11.3 Å². The molecule has 0 saturated carbocycles. The van der Waals surface area contributed by atoms with Crippen LogP contribution >= 0.6 is 11.3 Å². The fourth-order valence-corrected chi connectivity index (χ4v) is 1.34. The van der Waals surface area contributed by atoms with Crippen molar-refractivity contribution in [2.45, 2.75) is 20.8 Å². The van der Waals surface area contributed by atoms with Gasteiger partial charge >= 0.3 is 18.9 Å². The molecule has 9 heavy (non-hydrogen) atoms. The van der Waals surface area contributed by atoms with Gasteiger partial charge in [-0.3, -0.25) is 0 Å². The quantitative estimate of drug-likeness (QED) is 0.329. The Kier molecular flexibility index (Phi) is 3.58. The molecule has 0 N–H and O–H groups in total. The van der Waals surface area contributed by atoms with Gasteiger partial charge in [-0.1, -0.05) is 20.8 Å². The molecule has 0 bridgehead atoms. The van der Waals surface area contributed by atoms with Crippen molar-refractivity contribution in [3.05, 3.63) is 21.4 Å². The molecule has 0 aliphatic heterocycles. The summed E-state index contributed by atoms with van der Waals surface area (Å²) in [5, 5.41) is 3.18. The second-order valence-electron chi connectivity index (χ2n) is 2.01. The van der Waals surface area contributed by atoms with E-state index in [-0.39, 0.29) is 18.9 Å². The average molecular weight is 132 g/mol. The molecule has 0 aliphatic rings. The smallest absolute Gasteiger partial charge is 0.300 e. The van der Waals surface area contributed by atoms with Gasteiger partial charge in [0.1, 0.15) is 0 Å². The molecule has 1 aromatic heterocycles. The summed E-state index contributed by atoms with van der Waals surface area (Å²) in [6.07, 6.45) is 0. The van der Waals surface area contributed by atoms with Crippen molar-refractivity contribution in [3.8, 4) is 0 Å². The Morgan fingerprint density at radius 2 is 1.78 bits per heavy atom. The molecule has 0 aromatic carbocycles. The molecule has 1 aromatic rings. The van der Waals surface area contributed by atoms with E-state index in [9.17, 15) is 0 Å². The van der Waals surface area contributed by atoms with E-state index >= 15 is 0 Å². The number of aryl methyl sites for hydroxylation is 2. The van der Waals surface area contributed by atoms with Gasteiger partial charge in [0.2, 0.25) is 0 Å². The van der Waals surface area contributed by atoms with Crippen molar-refractivity contribution >= 4 is 11.3 Å². The summed E-state index contributed by atoms with van der Waals surface area (Å²) < 4.78 is 0. The van der Waals surface area contributed by atoms with Crippen LogP contribution in [0.15, 0.2) is 0 Å². The molecule has 44 valence electrons. The van der Waals surface area contributed by atoms with E-state index in [0.717, 1.165) is 0 Å². The maximum absolute atomic E-state index is 3.18. The van der Waals surface area contributed by atoms with Gasteiger partial charge in [0.25, 0.3) is 0 Å². The normalized spacial score (nSPS) is 8.78. The van der Waals surface area contributed by atoms with Crippen molar-refractivity contribution in [3.63, 3.8) is 0 Å². The van der Waals surface area contributed by atoms with E-state index < -0.39 is 0 Å². The molecular formula is C7H9LiS. The summed E-state index contributed by atoms with van der Waals surface area (Å²) in [7, 11) is 0. The number of rotatable bonds is 0. The standard InChI is InChI=1S/C7H9S.Li/c1-5-4-8-7(3)6(5)2;/h1-3H3;/q-1;+1. The van der Waals surface area contributed by atoms with Gasteiger partial charge in [-0.25, -0.2) is 0 Å². The summed E-state index contributed by atoms with van der Waals surface area (Å²) in [4.78, 5) is 1.39. The maximum Gasteiger partial charge on any atom is 1.00 e. The van der Waals surface area contributed by atoms with Gasteiger partial charge in [0.15, 0.2) is 0 Å². The van der Waals surface area contributed by atoms with Gasteiger partial charge in [0.05, 0.1) is 0 Å². The summed E-state index contributed by atoms with van der Waals surface area (Å²) in [5.41, 5.74) is 2.70. The first kappa shape index (κ1) is 9.30. The summed E-state index contributed by atoms with van der Waals surface area (Å²) >= 11 is 1.71. The molecule has 0 atom stereocenters. The number of hydrogen-bond donors (Lipinski definition) is 0. The Bertz CT molecular complexity index is 171. The van der Waals surface area contributed by atoms with Crippen molar-refractivity contribution in [1.82, 2.24) is 0 Å². The monoisotopic (exact) mass is 132 g/mol. The fraction of sp³-hybridized carbons (Fsp3) is 0.429. The zero-order valence-electron chi connectivity index (χ0n) is 6.41. The SMILES string of the molecule is Cc1[c-]sc(C)c1C.[Li+]. The predicted molar refractivity (Wildman–Crippen MR) is 37.4 cm³/mol. The van der Waals surface area contributed by atoms with Crippen molar-refractivity contribution < 1.29 is 18.9 Å². The molecule has 0 spiro atoms. The van der Waals surface area contributed by atoms with Gasteiger partial charge in [-0.2, -0.15) is 11.1 Å². The third-order valence-corrected chi connectivity index (χ3v) is 2.47. The minimum absolute atomic E-state index is 0. The minimum atomic E-state index is 0. The van der Waals surface area contributed by atoms with E-state index in [4.69, 9.17) is 0 Å². The van der Waals surface area contributed by atoms with Gasteiger partial charge in [0, 0.05) is 0 Å². The zero-order valence-corrected chi connectivity index (χ0v) is 7.22. The maximum atomic E-state index is 3.18. The molecule has 0 fully saturated rings. The molecule has 2 heteroatoms. The van der Waals surface area contributed by atoms with Crippen LogP contribution in [0.1, 0.15) is 16.0 Å². The van der Waals surface area contributed by atoms with Crippen molar-refractivity contribution in [2.75, 3.05) is 0 Å². The molecule has 1 heterocycles. The van der Waals surface area contributed by atoms with Crippen LogP contribution in [-0.4, -0.2) is 0 Å². The first-order chi connectivity index (χ1) is 3.72. The molecule has 0 radical (unpaired) electrons. The largest absolute Gasteiger partial charge is 1.00 e. The second-order valence-corrected chi connectivity index (χ2v) is 3.03. The third kappa shape index (κ3) is 1.86. The first-order valence-electron chi connectivity index (χ1n) is 2.66.